The van der Waals surface area contributed by atoms with E-state index in [1.54, 1.807) is 25.6 Å². The summed E-state index contributed by atoms with van der Waals surface area (Å²) in [5.74, 6) is 0.605. The predicted octanol–water partition coefficient (Wildman–Crippen LogP) is -0.949. The first-order valence-corrected chi connectivity index (χ1v) is 6.16. The normalized spacial score (nSPS) is 30.0. The molecule has 1 aliphatic rings. The molecule has 0 radical (unpaired) electrons. The van der Waals surface area contributed by atoms with E-state index in [9.17, 15) is 10.2 Å². The Kier molecular flexibility index (Phi) is 3.30. The maximum atomic E-state index is 10.0. The molecule has 8 nitrogen and oxygen atoms in total. The highest BCUT2D eigenvalue weighted by atomic mass is 16.6. The molecule has 1 aliphatic heterocycles. The van der Waals surface area contributed by atoms with Crippen LogP contribution in [-0.4, -0.2) is 62.1 Å². The van der Waals surface area contributed by atoms with Gasteiger partial charge in [0.1, 0.15) is 24.1 Å². The molecular formula is C12H15N3O5. The van der Waals surface area contributed by atoms with Crippen LogP contribution in [0.25, 0.3) is 11.0 Å². The van der Waals surface area contributed by atoms with Crippen LogP contribution in [0.3, 0.4) is 0 Å². The van der Waals surface area contributed by atoms with E-state index in [1.165, 1.54) is 4.68 Å². The van der Waals surface area contributed by atoms with Crippen LogP contribution in [0.5, 0.6) is 5.75 Å². The fourth-order valence-electron chi connectivity index (χ4n) is 2.37. The molecule has 3 rings (SSSR count). The maximum absolute atomic E-state index is 10.0. The number of fused-ring (bicyclic) bond motifs is 1. The smallest absolute Gasteiger partial charge is 0.181 e. The summed E-state index contributed by atoms with van der Waals surface area (Å²) in [5, 5.41) is 33.7. The SMILES string of the molecule is COc1ccnc2c1cnn2C1O[C@H](CO)[C@@H](O)[C@H]1O. The minimum Gasteiger partial charge on any atom is -0.496 e. The minimum atomic E-state index is -1.19. The third kappa shape index (κ3) is 1.85. The topological polar surface area (TPSA) is 110 Å². The van der Waals surface area contributed by atoms with Gasteiger partial charge in [0.25, 0.3) is 0 Å². The number of nitrogens with zero attached hydrogens (tertiary/aromatic N) is 3. The molecule has 2 aromatic heterocycles. The van der Waals surface area contributed by atoms with E-state index in [2.05, 4.69) is 10.1 Å². The highest BCUT2D eigenvalue weighted by molar-refractivity contribution is 5.81. The molecule has 108 valence electrons. The van der Waals surface area contributed by atoms with Crippen molar-refractivity contribution in [3.63, 3.8) is 0 Å². The van der Waals surface area contributed by atoms with E-state index in [0.717, 1.165) is 0 Å². The summed E-state index contributed by atoms with van der Waals surface area (Å²) in [7, 11) is 1.54. The highest BCUT2D eigenvalue weighted by Gasteiger charge is 2.44. The molecule has 8 heteroatoms. The second kappa shape index (κ2) is 4.98. The van der Waals surface area contributed by atoms with Crippen LogP contribution in [0, 0.1) is 0 Å². The molecule has 0 saturated carbocycles. The Morgan fingerprint density at radius 3 is 2.85 bits per heavy atom. The number of pyridine rings is 1. The third-order valence-corrected chi connectivity index (χ3v) is 3.44. The molecule has 4 atom stereocenters. The van der Waals surface area contributed by atoms with Gasteiger partial charge in [0.15, 0.2) is 11.9 Å². The highest BCUT2D eigenvalue weighted by Crippen LogP contribution is 2.32. The molecule has 0 bridgehead atoms. The lowest BCUT2D eigenvalue weighted by atomic mass is 10.1. The average Bonchev–Trinajstić information content (AvgIpc) is 3.01. The first-order valence-electron chi connectivity index (χ1n) is 6.16. The Hall–Kier alpha value is -1.74. The molecule has 3 heterocycles. The molecule has 3 N–H and O–H groups in total. The molecule has 1 saturated heterocycles. The predicted molar refractivity (Wildman–Crippen MR) is 67.1 cm³/mol. The Bertz CT molecular complexity index is 616. The van der Waals surface area contributed by atoms with Crippen LogP contribution < -0.4 is 4.74 Å². The Morgan fingerprint density at radius 1 is 1.40 bits per heavy atom. The zero-order valence-electron chi connectivity index (χ0n) is 10.7. The van der Waals surface area contributed by atoms with Gasteiger partial charge in [-0.2, -0.15) is 5.10 Å². The van der Waals surface area contributed by atoms with Gasteiger partial charge in [-0.05, 0) is 6.07 Å². The van der Waals surface area contributed by atoms with Crippen LogP contribution in [-0.2, 0) is 4.74 Å². The van der Waals surface area contributed by atoms with E-state index in [1.807, 2.05) is 0 Å². The summed E-state index contributed by atoms with van der Waals surface area (Å²) in [4.78, 5) is 4.19. The average molecular weight is 281 g/mol. The monoisotopic (exact) mass is 281 g/mol. The molecule has 0 spiro atoms. The second-order valence-corrected chi connectivity index (χ2v) is 4.57. The van der Waals surface area contributed by atoms with Gasteiger partial charge < -0.3 is 24.8 Å². The molecular weight excluding hydrogens is 266 g/mol. The molecule has 0 aromatic carbocycles. The summed E-state index contributed by atoms with van der Waals surface area (Å²) in [6, 6.07) is 1.70. The zero-order chi connectivity index (χ0) is 14.3. The summed E-state index contributed by atoms with van der Waals surface area (Å²) in [6.45, 7) is -0.384. The van der Waals surface area contributed by atoms with Gasteiger partial charge in [-0.1, -0.05) is 0 Å². The van der Waals surface area contributed by atoms with Crippen molar-refractivity contribution in [2.75, 3.05) is 13.7 Å². The van der Waals surface area contributed by atoms with Gasteiger partial charge in [-0.25, -0.2) is 9.67 Å². The summed E-state index contributed by atoms with van der Waals surface area (Å²) in [6.07, 6.45) is -1.01. The van der Waals surface area contributed by atoms with Crippen LogP contribution >= 0.6 is 0 Å². The third-order valence-electron chi connectivity index (χ3n) is 3.44. The Morgan fingerprint density at radius 2 is 2.20 bits per heavy atom. The first-order chi connectivity index (χ1) is 9.67. The number of hydrogen-bond acceptors (Lipinski definition) is 7. The van der Waals surface area contributed by atoms with Gasteiger partial charge in [0, 0.05) is 6.20 Å². The first kappa shape index (κ1) is 13.3. The van der Waals surface area contributed by atoms with Crippen LogP contribution in [0.4, 0.5) is 0 Å². The number of aliphatic hydroxyl groups is 3. The standard InChI is InChI=1S/C12H15N3O5/c1-19-7-2-3-13-11-6(7)4-14-15(11)12-10(18)9(17)8(5-16)20-12/h2-4,8-10,12,16-18H,5H2,1H3/t8-,9-,10-,12?/m1/s1. The molecule has 20 heavy (non-hydrogen) atoms. The zero-order valence-corrected chi connectivity index (χ0v) is 10.7. The molecule has 1 fully saturated rings. The number of aromatic nitrogens is 3. The fraction of sp³-hybridized carbons (Fsp3) is 0.500. The van der Waals surface area contributed by atoms with E-state index in [-0.39, 0.29) is 6.61 Å². The maximum Gasteiger partial charge on any atom is 0.181 e. The lowest BCUT2D eigenvalue weighted by Gasteiger charge is -2.15. The van der Waals surface area contributed by atoms with E-state index < -0.39 is 24.5 Å². The van der Waals surface area contributed by atoms with Crippen LogP contribution in [0.1, 0.15) is 6.23 Å². The van der Waals surface area contributed by atoms with Gasteiger partial charge in [0.05, 0.1) is 25.3 Å². The number of hydrogen-bond donors (Lipinski definition) is 3. The molecule has 0 aliphatic carbocycles. The summed E-state index contributed by atoms with van der Waals surface area (Å²) in [5.41, 5.74) is 0.471. The minimum absolute atomic E-state index is 0.384. The van der Waals surface area contributed by atoms with Crippen molar-refractivity contribution >= 4 is 11.0 Å². The van der Waals surface area contributed by atoms with Crippen molar-refractivity contribution in [2.24, 2.45) is 0 Å². The van der Waals surface area contributed by atoms with Crippen LogP contribution in [0.2, 0.25) is 0 Å². The van der Waals surface area contributed by atoms with Crippen molar-refractivity contribution in [1.82, 2.24) is 14.8 Å². The summed E-state index contributed by atoms with van der Waals surface area (Å²) >= 11 is 0. The van der Waals surface area contributed by atoms with Crippen molar-refractivity contribution < 1.29 is 24.8 Å². The van der Waals surface area contributed by atoms with Gasteiger partial charge in [-0.15, -0.1) is 0 Å². The molecule has 0 amide bonds. The van der Waals surface area contributed by atoms with Gasteiger partial charge in [0.2, 0.25) is 0 Å². The lowest BCUT2D eigenvalue weighted by molar-refractivity contribution is -0.0566. The number of aliphatic hydroxyl groups excluding tert-OH is 3. The number of methoxy groups -OCH3 is 1. The Labute approximate surface area is 114 Å². The van der Waals surface area contributed by atoms with Crippen LogP contribution in [0.15, 0.2) is 18.5 Å². The van der Waals surface area contributed by atoms with Crippen molar-refractivity contribution in [1.29, 1.82) is 0 Å². The van der Waals surface area contributed by atoms with Gasteiger partial charge in [-0.3, -0.25) is 0 Å². The molecule has 1 unspecified atom stereocenters. The lowest BCUT2D eigenvalue weighted by Crippen LogP contribution is -2.33. The largest absolute Gasteiger partial charge is 0.496 e. The van der Waals surface area contributed by atoms with Crippen molar-refractivity contribution in [2.45, 2.75) is 24.5 Å². The Balaban J connectivity index is 2.03. The van der Waals surface area contributed by atoms with E-state index >= 15 is 0 Å². The molecule has 2 aromatic rings. The quantitative estimate of drug-likeness (QED) is 0.665. The fourth-order valence-corrected chi connectivity index (χ4v) is 2.37. The second-order valence-electron chi connectivity index (χ2n) is 4.57. The van der Waals surface area contributed by atoms with Crippen molar-refractivity contribution in [3.05, 3.63) is 18.5 Å². The van der Waals surface area contributed by atoms with E-state index in [4.69, 9.17) is 14.6 Å². The number of rotatable bonds is 3. The summed E-state index contributed by atoms with van der Waals surface area (Å²) < 4.78 is 12.0. The van der Waals surface area contributed by atoms with Crippen molar-refractivity contribution in [3.8, 4) is 5.75 Å². The van der Waals surface area contributed by atoms with E-state index in [0.29, 0.717) is 16.8 Å². The number of ether oxygens (including phenoxy) is 2. The van der Waals surface area contributed by atoms with Gasteiger partial charge >= 0.3 is 0 Å².